The fourth-order valence-electron chi connectivity index (χ4n) is 1.97. The van der Waals surface area contributed by atoms with Gasteiger partial charge in [-0.05, 0) is 18.6 Å². The predicted molar refractivity (Wildman–Crippen MR) is 77.8 cm³/mol. The van der Waals surface area contributed by atoms with E-state index in [0.29, 0.717) is 23.3 Å². The van der Waals surface area contributed by atoms with E-state index in [9.17, 15) is 9.90 Å². The van der Waals surface area contributed by atoms with E-state index in [1.54, 1.807) is 36.4 Å². The van der Waals surface area contributed by atoms with Crippen molar-refractivity contribution in [2.75, 3.05) is 13.2 Å². The lowest BCUT2D eigenvalue weighted by atomic mass is 10.00. The zero-order valence-electron chi connectivity index (χ0n) is 11.5. The van der Waals surface area contributed by atoms with Crippen LogP contribution in [-0.2, 0) is 4.74 Å². The minimum Gasteiger partial charge on any atom is -0.386 e. The summed E-state index contributed by atoms with van der Waals surface area (Å²) in [5.41, 5.74) is 1.91. The highest BCUT2D eigenvalue weighted by molar-refractivity contribution is 6.09. The second kappa shape index (κ2) is 6.98. The summed E-state index contributed by atoms with van der Waals surface area (Å²) in [6, 6.07) is 16.2. The van der Waals surface area contributed by atoms with E-state index < -0.39 is 6.10 Å². The third kappa shape index (κ3) is 3.53. The minimum absolute atomic E-state index is 0.0453. The Kier molecular flexibility index (Phi) is 5.04. The van der Waals surface area contributed by atoms with Crippen LogP contribution >= 0.6 is 0 Å². The van der Waals surface area contributed by atoms with Crippen LogP contribution < -0.4 is 0 Å². The molecule has 0 fully saturated rings. The summed E-state index contributed by atoms with van der Waals surface area (Å²) in [7, 11) is 0. The monoisotopic (exact) mass is 270 g/mol. The fraction of sp³-hybridized carbons (Fsp3) is 0.235. The molecule has 0 heterocycles. The highest BCUT2D eigenvalue weighted by Gasteiger charge is 2.12. The van der Waals surface area contributed by atoms with Gasteiger partial charge in [-0.2, -0.15) is 0 Å². The number of hydrogen-bond donors (Lipinski definition) is 1. The Morgan fingerprint density at radius 2 is 1.80 bits per heavy atom. The lowest BCUT2D eigenvalue weighted by molar-refractivity contribution is 0.0420. The summed E-state index contributed by atoms with van der Waals surface area (Å²) in [6.45, 7) is 2.67. The van der Waals surface area contributed by atoms with Crippen molar-refractivity contribution in [1.82, 2.24) is 0 Å². The number of carbonyl (C=O) groups is 1. The van der Waals surface area contributed by atoms with Gasteiger partial charge in [0, 0.05) is 17.7 Å². The van der Waals surface area contributed by atoms with Gasteiger partial charge >= 0.3 is 0 Å². The summed E-state index contributed by atoms with van der Waals surface area (Å²) in [4.78, 5) is 12.3. The number of benzene rings is 2. The van der Waals surface area contributed by atoms with Gasteiger partial charge in [0.15, 0.2) is 5.78 Å². The highest BCUT2D eigenvalue weighted by atomic mass is 16.5. The maximum absolute atomic E-state index is 12.3. The van der Waals surface area contributed by atoms with Crippen molar-refractivity contribution in [2.45, 2.75) is 13.0 Å². The van der Waals surface area contributed by atoms with E-state index >= 15 is 0 Å². The molecular formula is C17H18O3. The molecule has 2 rings (SSSR count). The van der Waals surface area contributed by atoms with Crippen LogP contribution in [0.1, 0.15) is 34.5 Å². The molecular weight excluding hydrogens is 252 g/mol. The molecule has 0 saturated carbocycles. The first-order chi connectivity index (χ1) is 9.72. The Morgan fingerprint density at radius 3 is 2.50 bits per heavy atom. The summed E-state index contributed by atoms with van der Waals surface area (Å²) < 4.78 is 5.20. The topological polar surface area (TPSA) is 46.5 Å². The number of rotatable bonds is 6. The van der Waals surface area contributed by atoms with E-state index in [2.05, 4.69) is 0 Å². The molecule has 0 aliphatic rings. The smallest absolute Gasteiger partial charge is 0.193 e. The standard InChI is InChI=1S/C17H18O3/c1-2-20-12-16(18)14-9-6-10-15(11-14)17(19)13-7-4-3-5-8-13/h3-11,16,18H,2,12H2,1H3. The lowest BCUT2D eigenvalue weighted by Gasteiger charge is -2.12. The zero-order chi connectivity index (χ0) is 14.4. The Morgan fingerprint density at radius 1 is 1.10 bits per heavy atom. The number of ether oxygens (including phenoxy) is 1. The van der Waals surface area contributed by atoms with Crippen molar-refractivity contribution in [2.24, 2.45) is 0 Å². The van der Waals surface area contributed by atoms with E-state index in [4.69, 9.17) is 4.74 Å². The van der Waals surface area contributed by atoms with Gasteiger partial charge in [0.2, 0.25) is 0 Å². The number of ketones is 1. The van der Waals surface area contributed by atoms with Crippen LogP contribution in [0.4, 0.5) is 0 Å². The van der Waals surface area contributed by atoms with Gasteiger partial charge in [-0.3, -0.25) is 4.79 Å². The molecule has 1 N–H and O–H groups in total. The summed E-state index contributed by atoms with van der Waals surface area (Å²) >= 11 is 0. The van der Waals surface area contributed by atoms with Gasteiger partial charge in [0.05, 0.1) is 6.61 Å². The van der Waals surface area contributed by atoms with Crippen LogP contribution in [0.5, 0.6) is 0 Å². The molecule has 2 aromatic rings. The number of hydrogen-bond acceptors (Lipinski definition) is 3. The molecule has 20 heavy (non-hydrogen) atoms. The van der Waals surface area contributed by atoms with Crippen molar-refractivity contribution in [3.63, 3.8) is 0 Å². The maximum atomic E-state index is 12.3. The van der Waals surface area contributed by atoms with Crippen LogP contribution in [0.15, 0.2) is 54.6 Å². The zero-order valence-corrected chi connectivity index (χ0v) is 11.5. The number of aliphatic hydroxyl groups is 1. The predicted octanol–water partition coefficient (Wildman–Crippen LogP) is 2.99. The van der Waals surface area contributed by atoms with Crippen molar-refractivity contribution in [1.29, 1.82) is 0 Å². The third-order valence-corrected chi connectivity index (χ3v) is 3.05. The van der Waals surface area contributed by atoms with E-state index in [1.807, 2.05) is 25.1 Å². The van der Waals surface area contributed by atoms with Crippen molar-refractivity contribution < 1.29 is 14.6 Å². The molecule has 0 spiro atoms. The first kappa shape index (κ1) is 14.4. The normalized spacial score (nSPS) is 12.1. The lowest BCUT2D eigenvalue weighted by Crippen LogP contribution is -2.08. The van der Waals surface area contributed by atoms with Gasteiger partial charge in [-0.1, -0.05) is 48.5 Å². The van der Waals surface area contributed by atoms with Crippen molar-refractivity contribution in [3.8, 4) is 0 Å². The van der Waals surface area contributed by atoms with Gasteiger partial charge in [0.25, 0.3) is 0 Å². The quantitative estimate of drug-likeness (QED) is 0.821. The van der Waals surface area contributed by atoms with Crippen LogP contribution in [0.2, 0.25) is 0 Å². The summed E-state index contributed by atoms with van der Waals surface area (Å²) in [6.07, 6.45) is -0.710. The minimum atomic E-state index is -0.710. The summed E-state index contributed by atoms with van der Waals surface area (Å²) in [5, 5.41) is 9.99. The molecule has 1 atom stereocenters. The van der Waals surface area contributed by atoms with Gasteiger partial charge < -0.3 is 9.84 Å². The average molecular weight is 270 g/mol. The maximum Gasteiger partial charge on any atom is 0.193 e. The van der Waals surface area contributed by atoms with Crippen LogP contribution in [0.3, 0.4) is 0 Å². The molecule has 0 bridgehead atoms. The molecule has 104 valence electrons. The third-order valence-electron chi connectivity index (χ3n) is 3.05. The van der Waals surface area contributed by atoms with Gasteiger partial charge in [0.1, 0.15) is 6.10 Å². The largest absolute Gasteiger partial charge is 0.386 e. The molecule has 1 unspecified atom stereocenters. The average Bonchev–Trinajstić information content (AvgIpc) is 2.52. The van der Waals surface area contributed by atoms with Crippen LogP contribution in [-0.4, -0.2) is 24.1 Å². The van der Waals surface area contributed by atoms with Crippen LogP contribution in [0.25, 0.3) is 0 Å². The Balaban J connectivity index is 2.19. The number of carbonyl (C=O) groups excluding carboxylic acids is 1. The SMILES string of the molecule is CCOCC(O)c1cccc(C(=O)c2ccccc2)c1. The van der Waals surface area contributed by atoms with Gasteiger partial charge in [-0.25, -0.2) is 0 Å². The Labute approximate surface area is 118 Å². The van der Waals surface area contributed by atoms with E-state index in [0.717, 1.165) is 0 Å². The van der Waals surface area contributed by atoms with E-state index in [1.165, 1.54) is 0 Å². The molecule has 0 aromatic heterocycles. The highest BCUT2D eigenvalue weighted by Crippen LogP contribution is 2.17. The van der Waals surface area contributed by atoms with Crippen molar-refractivity contribution >= 4 is 5.78 Å². The molecule has 2 aromatic carbocycles. The Bertz CT molecular complexity index is 563. The first-order valence-corrected chi connectivity index (χ1v) is 6.68. The Hall–Kier alpha value is -1.97. The van der Waals surface area contributed by atoms with E-state index in [-0.39, 0.29) is 12.4 Å². The molecule has 3 heteroatoms. The molecule has 0 amide bonds. The van der Waals surface area contributed by atoms with Gasteiger partial charge in [-0.15, -0.1) is 0 Å². The molecule has 0 radical (unpaired) electrons. The fourth-order valence-corrected chi connectivity index (χ4v) is 1.97. The second-order valence-electron chi connectivity index (χ2n) is 4.50. The molecule has 0 aliphatic heterocycles. The number of aliphatic hydroxyl groups excluding tert-OH is 1. The van der Waals surface area contributed by atoms with Crippen LogP contribution in [0, 0.1) is 0 Å². The molecule has 0 aliphatic carbocycles. The molecule has 3 nitrogen and oxygen atoms in total. The molecule has 0 saturated heterocycles. The second-order valence-corrected chi connectivity index (χ2v) is 4.50. The first-order valence-electron chi connectivity index (χ1n) is 6.68. The summed E-state index contributed by atoms with van der Waals surface area (Å²) in [5.74, 6) is -0.0453. The van der Waals surface area contributed by atoms with Crippen molar-refractivity contribution in [3.05, 3.63) is 71.3 Å².